The molecule has 2 heterocycles. The maximum atomic E-state index is 11.8. The number of carbonyl (C=O) groups is 3. The van der Waals surface area contributed by atoms with Crippen molar-refractivity contribution in [2.45, 2.75) is 12.5 Å². The fourth-order valence-corrected chi connectivity index (χ4v) is 3.94. The Morgan fingerprint density at radius 1 is 1.48 bits per heavy atom. The standard InChI is InChI=1S/C16H16ClN3O4S/c1-19(16(23)24)10-5-6-20(8-10)13-9(3-2-4-11(13)17)7-12-14(21)18-15(22)25-12/h2-4,7,10H,5-6,8H2,1H3,(H,23,24)(H,18,21,22). The number of anilines is 1. The van der Waals surface area contributed by atoms with Crippen molar-refractivity contribution >= 4 is 52.4 Å². The van der Waals surface area contributed by atoms with E-state index in [2.05, 4.69) is 5.32 Å². The summed E-state index contributed by atoms with van der Waals surface area (Å²) >= 11 is 7.22. The zero-order valence-electron chi connectivity index (χ0n) is 13.4. The van der Waals surface area contributed by atoms with E-state index in [1.54, 1.807) is 25.3 Å². The number of amides is 3. The van der Waals surface area contributed by atoms with E-state index in [4.69, 9.17) is 16.7 Å². The van der Waals surface area contributed by atoms with Crippen molar-refractivity contribution in [2.24, 2.45) is 0 Å². The number of imide groups is 1. The molecule has 9 heteroatoms. The Kier molecular flexibility index (Phi) is 4.91. The highest BCUT2D eigenvalue weighted by atomic mass is 35.5. The number of carbonyl (C=O) groups excluding carboxylic acids is 2. The second-order valence-electron chi connectivity index (χ2n) is 5.81. The molecule has 7 nitrogen and oxygen atoms in total. The lowest BCUT2D eigenvalue weighted by Gasteiger charge is -2.25. The van der Waals surface area contributed by atoms with Gasteiger partial charge in [-0.25, -0.2) is 4.79 Å². The number of nitrogens with zero attached hydrogens (tertiary/aromatic N) is 2. The SMILES string of the molecule is CN(C(=O)O)C1CCN(c2c(Cl)cccc2C=C2SC(=O)NC2=O)C1. The van der Waals surface area contributed by atoms with E-state index >= 15 is 0 Å². The molecule has 1 aromatic carbocycles. The summed E-state index contributed by atoms with van der Waals surface area (Å²) in [5.74, 6) is -0.425. The molecular formula is C16H16ClN3O4S. The van der Waals surface area contributed by atoms with Crippen LogP contribution in [0.2, 0.25) is 5.02 Å². The van der Waals surface area contributed by atoms with Gasteiger partial charge in [0.25, 0.3) is 11.1 Å². The molecule has 1 unspecified atom stereocenters. The number of para-hydroxylation sites is 1. The van der Waals surface area contributed by atoms with Crippen LogP contribution in [0.4, 0.5) is 15.3 Å². The van der Waals surface area contributed by atoms with Crippen molar-refractivity contribution in [1.29, 1.82) is 0 Å². The third kappa shape index (κ3) is 3.59. The van der Waals surface area contributed by atoms with Crippen molar-refractivity contribution < 1.29 is 19.5 Å². The van der Waals surface area contributed by atoms with Crippen molar-refractivity contribution in [3.05, 3.63) is 33.7 Å². The molecule has 1 aromatic rings. The van der Waals surface area contributed by atoms with Crippen LogP contribution in [0.3, 0.4) is 0 Å². The maximum absolute atomic E-state index is 11.8. The van der Waals surface area contributed by atoms with Gasteiger partial charge in [0.05, 0.1) is 21.7 Å². The van der Waals surface area contributed by atoms with E-state index in [0.717, 1.165) is 23.0 Å². The number of carboxylic acid groups (broad SMARTS) is 1. The van der Waals surface area contributed by atoms with E-state index in [9.17, 15) is 14.4 Å². The minimum atomic E-state index is -0.967. The van der Waals surface area contributed by atoms with Crippen molar-refractivity contribution in [2.75, 3.05) is 25.0 Å². The van der Waals surface area contributed by atoms with Crippen LogP contribution >= 0.6 is 23.4 Å². The Morgan fingerprint density at radius 2 is 2.24 bits per heavy atom. The topological polar surface area (TPSA) is 90.0 Å². The number of likely N-dealkylation sites (N-methyl/N-ethyl adjacent to an activating group) is 1. The van der Waals surface area contributed by atoms with Crippen LogP contribution in [0, 0.1) is 0 Å². The average molecular weight is 382 g/mol. The fraction of sp³-hybridized carbons (Fsp3) is 0.312. The van der Waals surface area contributed by atoms with Gasteiger partial charge in [-0.05, 0) is 30.3 Å². The number of benzene rings is 1. The monoisotopic (exact) mass is 381 g/mol. The Labute approximate surface area is 153 Å². The van der Waals surface area contributed by atoms with Gasteiger partial charge >= 0.3 is 6.09 Å². The van der Waals surface area contributed by atoms with E-state index in [0.29, 0.717) is 29.4 Å². The van der Waals surface area contributed by atoms with Crippen LogP contribution in [0.1, 0.15) is 12.0 Å². The van der Waals surface area contributed by atoms with E-state index in [-0.39, 0.29) is 6.04 Å². The predicted molar refractivity (Wildman–Crippen MR) is 97.0 cm³/mol. The second-order valence-corrected chi connectivity index (χ2v) is 7.23. The first kappa shape index (κ1) is 17.6. The lowest BCUT2D eigenvalue weighted by molar-refractivity contribution is -0.115. The minimum absolute atomic E-state index is 0.125. The normalized spacial score (nSPS) is 21.8. The second kappa shape index (κ2) is 6.97. The molecule has 0 aliphatic carbocycles. The van der Waals surface area contributed by atoms with Gasteiger partial charge in [-0.15, -0.1) is 0 Å². The molecule has 0 radical (unpaired) electrons. The van der Waals surface area contributed by atoms with Crippen molar-refractivity contribution in [1.82, 2.24) is 10.2 Å². The number of hydrogen-bond acceptors (Lipinski definition) is 5. The Bertz CT molecular complexity index is 783. The van der Waals surface area contributed by atoms with Crippen LogP contribution in [-0.4, -0.2) is 53.4 Å². The highest BCUT2D eigenvalue weighted by molar-refractivity contribution is 8.18. The van der Waals surface area contributed by atoms with Gasteiger partial charge in [0.2, 0.25) is 0 Å². The molecule has 132 valence electrons. The number of rotatable bonds is 3. The number of nitrogens with one attached hydrogen (secondary N) is 1. The molecule has 2 saturated heterocycles. The van der Waals surface area contributed by atoms with Crippen LogP contribution in [0.25, 0.3) is 6.08 Å². The predicted octanol–water partition coefficient (Wildman–Crippen LogP) is 2.85. The third-order valence-corrected chi connectivity index (χ3v) is 5.39. The summed E-state index contributed by atoms with van der Waals surface area (Å²) in [4.78, 5) is 37.9. The molecule has 2 N–H and O–H groups in total. The molecule has 25 heavy (non-hydrogen) atoms. The first-order valence-corrected chi connectivity index (χ1v) is 8.80. The molecular weight excluding hydrogens is 366 g/mol. The Hall–Kier alpha value is -2.19. The van der Waals surface area contributed by atoms with Crippen molar-refractivity contribution in [3.63, 3.8) is 0 Å². The fourth-order valence-electron chi connectivity index (χ4n) is 2.96. The molecule has 1 atom stereocenters. The van der Waals surface area contributed by atoms with Gasteiger partial charge in [-0.1, -0.05) is 23.7 Å². The van der Waals surface area contributed by atoms with Gasteiger partial charge in [0.15, 0.2) is 0 Å². The molecule has 3 amide bonds. The van der Waals surface area contributed by atoms with Crippen LogP contribution < -0.4 is 10.2 Å². The van der Waals surface area contributed by atoms with Gasteiger partial charge in [0.1, 0.15) is 0 Å². The summed E-state index contributed by atoms with van der Waals surface area (Å²) in [7, 11) is 1.55. The lowest BCUT2D eigenvalue weighted by Crippen LogP contribution is -2.38. The number of halogens is 1. The highest BCUT2D eigenvalue weighted by Gasteiger charge is 2.31. The van der Waals surface area contributed by atoms with Crippen LogP contribution in [0.15, 0.2) is 23.1 Å². The summed E-state index contributed by atoms with van der Waals surface area (Å²) < 4.78 is 0. The van der Waals surface area contributed by atoms with Crippen LogP contribution in [0.5, 0.6) is 0 Å². The van der Waals surface area contributed by atoms with Crippen LogP contribution in [-0.2, 0) is 4.79 Å². The maximum Gasteiger partial charge on any atom is 0.407 e. The van der Waals surface area contributed by atoms with E-state index in [1.807, 2.05) is 11.0 Å². The molecule has 0 aromatic heterocycles. The summed E-state index contributed by atoms with van der Waals surface area (Å²) in [6.45, 7) is 1.17. The average Bonchev–Trinajstić information content (AvgIpc) is 3.14. The molecule has 2 aliphatic rings. The summed E-state index contributed by atoms with van der Waals surface area (Å²) in [5.41, 5.74) is 1.46. The zero-order valence-corrected chi connectivity index (χ0v) is 14.9. The molecule has 0 spiro atoms. The Balaban J connectivity index is 1.90. The van der Waals surface area contributed by atoms with Crippen molar-refractivity contribution in [3.8, 4) is 0 Å². The molecule has 0 bridgehead atoms. The highest BCUT2D eigenvalue weighted by Crippen LogP contribution is 2.36. The minimum Gasteiger partial charge on any atom is -0.465 e. The van der Waals surface area contributed by atoms with E-state index in [1.165, 1.54) is 4.90 Å². The third-order valence-electron chi connectivity index (χ3n) is 4.28. The number of hydrogen-bond donors (Lipinski definition) is 2. The molecule has 2 aliphatic heterocycles. The lowest BCUT2D eigenvalue weighted by atomic mass is 10.1. The van der Waals surface area contributed by atoms with Gasteiger partial charge in [0, 0.05) is 25.7 Å². The quantitative estimate of drug-likeness (QED) is 0.782. The molecule has 0 saturated carbocycles. The first-order chi connectivity index (χ1) is 11.9. The summed E-state index contributed by atoms with van der Waals surface area (Å²) in [6.07, 6.45) is 1.36. The van der Waals surface area contributed by atoms with E-state index < -0.39 is 17.2 Å². The number of thioether (sulfide) groups is 1. The molecule has 3 rings (SSSR count). The Morgan fingerprint density at radius 3 is 2.88 bits per heavy atom. The zero-order chi connectivity index (χ0) is 18.1. The first-order valence-electron chi connectivity index (χ1n) is 7.61. The summed E-state index contributed by atoms with van der Waals surface area (Å²) in [6, 6.07) is 5.22. The van der Waals surface area contributed by atoms with Gasteiger partial charge < -0.3 is 14.9 Å². The smallest absolute Gasteiger partial charge is 0.407 e. The van der Waals surface area contributed by atoms with Gasteiger partial charge in [-0.2, -0.15) is 0 Å². The summed E-state index contributed by atoms with van der Waals surface area (Å²) in [5, 5.41) is 11.5. The van der Waals surface area contributed by atoms with Gasteiger partial charge in [-0.3, -0.25) is 14.9 Å². The largest absolute Gasteiger partial charge is 0.465 e. The molecule has 2 fully saturated rings.